The summed E-state index contributed by atoms with van der Waals surface area (Å²) in [7, 11) is 0. The van der Waals surface area contributed by atoms with E-state index in [-0.39, 0.29) is 18.2 Å². The van der Waals surface area contributed by atoms with Crippen molar-refractivity contribution in [3.8, 4) is 0 Å². The monoisotopic (exact) mass is 337 g/mol. The largest absolute Gasteiger partial charge is 0.394 e. The van der Waals surface area contributed by atoms with E-state index < -0.39 is 11.7 Å². The van der Waals surface area contributed by atoms with Crippen molar-refractivity contribution in [3.05, 3.63) is 33.1 Å². The normalized spacial score (nSPS) is 12.2. The first-order chi connectivity index (χ1) is 7.60. The molecule has 0 aliphatic carbocycles. The Morgan fingerprint density at radius 3 is 2.81 bits per heavy atom. The van der Waals surface area contributed by atoms with Crippen molar-refractivity contribution in [2.24, 2.45) is 0 Å². The number of halogens is 2. The quantitative estimate of drug-likeness (QED) is 0.825. The molecule has 0 saturated carbocycles. The minimum atomic E-state index is -0.544. The maximum absolute atomic E-state index is 13.4. The zero-order valence-electron chi connectivity index (χ0n) is 8.84. The summed E-state index contributed by atoms with van der Waals surface area (Å²) in [6.45, 7) is 1.70. The number of hydrogen-bond donors (Lipinski definition) is 2. The molecule has 1 rings (SSSR count). The molecule has 1 unspecified atom stereocenters. The lowest BCUT2D eigenvalue weighted by Gasteiger charge is -2.14. The van der Waals surface area contributed by atoms with Crippen LogP contribution in [0.15, 0.2) is 18.2 Å². The average molecular weight is 337 g/mol. The first kappa shape index (κ1) is 13.4. The molecular formula is C11H13FINO2. The van der Waals surface area contributed by atoms with Gasteiger partial charge in [0.05, 0.1) is 18.2 Å². The first-order valence-electron chi connectivity index (χ1n) is 4.95. The van der Waals surface area contributed by atoms with Crippen LogP contribution >= 0.6 is 22.6 Å². The Hall–Kier alpha value is -0.690. The summed E-state index contributed by atoms with van der Waals surface area (Å²) in [5, 5.41) is 11.5. The van der Waals surface area contributed by atoms with Crippen LogP contribution in [0.1, 0.15) is 23.7 Å². The molecule has 1 atom stereocenters. The second-order valence-corrected chi connectivity index (χ2v) is 4.52. The van der Waals surface area contributed by atoms with Crippen LogP contribution in [-0.2, 0) is 0 Å². The number of rotatable bonds is 4. The van der Waals surface area contributed by atoms with Crippen LogP contribution in [0.5, 0.6) is 0 Å². The van der Waals surface area contributed by atoms with Gasteiger partial charge in [-0.05, 0) is 41.1 Å². The van der Waals surface area contributed by atoms with E-state index in [9.17, 15) is 9.18 Å². The van der Waals surface area contributed by atoms with Gasteiger partial charge in [-0.1, -0.05) is 13.0 Å². The Kier molecular flexibility index (Phi) is 5.14. The predicted octanol–water partition coefficient (Wildman–Crippen LogP) is 1.93. The predicted molar refractivity (Wildman–Crippen MR) is 67.7 cm³/mol. The van der Waals surface area contributed by atoms with E-state index in [2.05, 4.69) is 5.32 Å². The molecule has 1 aromatic rings. The molecule has 0 aromatic heterocycles. The number of aliphatic hydroxyl groups is 1. The Morgan fingerprint density at radius 2 is 2.31 bits per heavy atom. The van der Waals surface area contributed by atoms with Gasteiger partial charge in [0, 0.05) is 3.57 Å². The summed E-state index contributed by atoms with van der Waals surface area (Å²) in [5.41, 5.74) is 0.0370. The maximum Gasteiger partial charge on any atom is 0.255 e. The molecule has 1 amide bonds. The van der Waals surface area contributed by atoms with Gasteiger partial charge in [-0.2, -0.15) is 0 Å². The van der Waals surface area contributed by atoms with Gasteiger partial charge in [-0.25, -0.2) is 4.39 Å². The van der Waals surface area contributed by atoms with Gasteiger partial charge in [0.2, 0.25) is 0 Å². The Morgan fingerprint density at radius 1 is 1.62 bits per heavy atom. The zero-order chi connectivity index (χ0) is 12.1. The number of benzene rings is 1. The number of aliphatic hydroxyl groups excluding tert-OH is 1. The summed E-state index contributed by atoms with van der Waals surface area (Å²) in [6.07, 6.45) is 0.604. The van der Waals surface area contributed by atoms with E-state index in [1.807, 2.05) is 29.5 Å². The molecule has 0 heterocycles. The van der Waals surface area contributed by atoms with Gasteiger partial charge in [-0.3, -0.25) is 4.79 Å². The summed E-state index contributed by atoms with van der Waals surface area (Å²) >= 11 is 1.91. The topological polar surface area (TPSA) is 49.3 Å². The van der Waals surface area contributed by atoms with Crippen molar-refractivity contribution >= 4 is 28.5 Å². The van der Waals surface area contributed by atoms with Crippen molar-refractivity contribution in [1.29, 1.82) is 0 Å². The SMILES string of the molecule is CCC(CO)NC(=O)c1c(F)cccc1I. The Bertz CT molecular complexity index is 360. The van der Waals surface area contributed by atoms with E-state index in [1.54, 1.807) is 12.1 Å². The Labute approximate surface area is 107 Å². The molecule has 0 aliphatic rings. The van der Waals surface area contributed by atoms with Gasteiger partial charge in [0.1, 0.15) is 5.82 Å². The van der Waals surface area contributed by atoms with Gasteiger partial charge in [0.15, 0.2) is 0 Å². The fraction of sp³-hybridized carbons (Fsp3) is 0.364. The molecule has 88 valence electrons. The van der Waals surface area contributed by atoms with Crippen LogP contribution in [0.2, 0.25) is 0 Å². The van der Waals surface area contributed by atoms with Gasteiger partial charge < -0.3 is 10.4 Å². The molecule has 0 aliphatic heterocycles. The van der Waals surface area contributed by atoms with Crippen LogP contribution in [0.4, 0.5) is 4.39 Å². The molecule has 0 spiro atoms. The zero-order valence-corrected chi connectivity index (χ0v) is 11.0. The number of carbonyl (C=O) groups excluding carboxylic acids is 1. The molecule has 0 radical (unpaired) electrons. The van der Waals surface area contributed by atoms with Crippen molar-refractivity contribution in [3.63, 3.8) is 0 Å². The van der Waals surface area contributed by atoms with E-state index in [1.165, 1.54) is 6.07 Å². The second-order valence-electron chi connectivity index (χ2n) is 3.36. The van der Waals surface area contributed by atoms with Gasteiger partial charge in [-0.15, -0.1) is 0 Å². The molecule has 16 heavy (non-hydrogen) atoms. The van der Waals surface area contributed by atoms with E-state index in [0.717, 1.165) is 0 Å². The summed E-state index contributed by atoms with van der Waals surface area (Å²) < 4.78 is 14.0. The fourth-order valence-electron chi connectivity index (χ4n) is 1.25. The summed E-state index contributed by atoms with van der Waals surface area (Å²) in [5.74, 6) is -1.03. The van der Waals surface area contributed by atoms with Crippen LogP contribution in [0.3, 0.4) is 0 Å². The Balaban J connectivity index is 2.88. The minimum absolute atomic E-state index is 0.0370. The van der Waals surface area contributed by atoms with E-state index in [0.29, 0.717) is 9.99 Å². The molecule has 2 N–H and O–H groups in total. The number of amides is 1. The lowest BCUT2D eigenvalue weighted by Crippen LogP contribution is -2.37. The van der Waals surface area contributed by atoms with Gasteiger partial charge >= 0.3 is 0 Å². The fourth-order valence-corrected chi connectivity index (χ4v) is 1.96. The second kappa shape index (κ2) is 6.15. The summed E-state index contributed by atoms with van der Waals surface area (Å²) in [4.78, 5) is 11.7. The minimum Gasteiger partial charge on any atom is -0.394 e. The van der Waals surface area contributed by atoms with Crippen LogP contribution in [0.25, 0.3) is 0 Å². The first-order valence-corrected chi connectivity index (χ1v) is 6.03. The van der Waals surface area contributed by atoms with Crippen molar-refractivity contribution in [2.45, 2.75) is 19.4 Å². The molecule has 5 heteroatoms. The van der Waals surface area contributed by atoms with Crippen molar-refractivity contribution in [1.82, 2.24) is 5.32 Å². The standard InChI is InChI=1S/C11H13FINO2/c1-2-7(6-15)14-11(16)10-8(12)4-3-5-9(10)13/h3-5,7,15H,2,6H2,1H3,(H,14,16). The lowest BCUT2D eigenvalue weighted by atomic mass is 10.1. The van der Waals surface area contributed by atoms with Crippen LogP contribution < -0.4 is 5.32 Å². The molecule has 1 aromatic carbocycles. The third-order valence-electron chi connectivity index (χ3n) is 2.24. The molecule has 0 fully saturated rings. The highest BCUT2D eigenvalue weighted by Gasteiger charge is 2.17. The van der Waals surface area contributed by atoms with Gasteiger partial charge in [0.25, 0.3) is 5.91 Å². The average Bonchev–Trinajstić information content (AvgIpc) is 2.25. The number of hydrogen-bond acceptors (Lipinski definition) is 2. The third-order valence-corrected chi connectivity index (χ3v) is 3.14. The van der Waals surface area contributed by atoms with E-state index >= 15 is 0 Å². The number of nitrogens with one attached hydrogen (secondary N) is 1. The summed E-state index contributed by atoms with van der Waals surface area (Å²) in [6, 6.07) is 4.13. The molecule has 3 nitrogen and oxygen atoms in total. The third kappa shape index (κ3) is 3.15. The molecule has 0 saturated heterocycles. The highest BCUT2D eigenvalue weighted by atomic mass is 127. The lowest BCUT2D eigenvalue weighted by molar-refractivity contribution is 0.0910. The smallest absolute Gasteiger partial charge is 0.255 e. The highest BCUT2D eigenvalue weighted by molar-refractivity contribution is 14.1. The van der Waals surface area contributed by atoms with Crippen LogP contribution in [0, 0.1) is 9.39 Å². The number of carbonyl (C=O) groups is 1. The highest BCUT2D eigenvalue weighted by Crippen LogP contribution is 2.15. The van der Waals surface area contributed by atoms with Crippen molar-refractivity contribution in [2.75, 3.05) is 6.61 Å². The molecular weight excluding hydrogens is 324 g/mol. The van der Waals surface area contributed by atoms with E-state index in [4.69, 9.17) is 5.11 Å². The van der Waals surface area contributed by atoms with Crippen molar-refractivity contribution < 1.29 is 14.3 Å². The maximum atomic E-state index is 13.4. The molecule has 0 bridgehead atoms. The van der Waals surface area contributed by atoms with Crippen LogP contribution in [-0.4, -0.2) is 23.7 Å².